The van der Waals surface area contributed by atoms with E-state index in [0.717, 1.165) is 66.9 Å². The summed E-state index contributed by atoms with van der Waals surface area (Å²) in [6.07, 6.45) is 11.5. The number of fused-ring (bicyclic) bond motifs is 1. The molecule has 1 aliphatic carbocycles. The molecule has 4 heterocycles. The summed E-state index contributed by atoms with van der Waals surface area (Å²) in [5, 5.41) is 7.00. The number of carbonyl (C=O) groups is 1. The molecular formula is C33H47N5O2. The third-order valence-electron chi connectivity index (χ3n) is 7.80. The number of aryl methyl sites for hydroxylation is 2. The van der Waals surface area contributed by atoms with Gasteiger partial charge in [0, 0.05) is 43.2 Å². The number of hydrogen-bond donors (Lipinski definition) is 2. The first-order valence-corrected chi connectivity index (χ1v) is 14.9. The predicted molar refractivity (Wildman–Crippen MR) is 164 cm³/mol. The minimum atomic E-state index is 0.135. The first-order chi connectivity index (χ1) is 19.6. The molecule has 2 N–H and O–H groups in total. The fourth-order valence-electron chi connectivity index (χ4n) is 5.63. The molecule has 7 heteroatoms. The normalized spacial score (nSPS) is 15.2. The fourth-order valence-corrected chi connectivity index (χ4v) is 5.63. The van der Waals surface area contributed by atoms with Crippen LogP contribution < -0.4 is 0 Å². The van der Waals surface area contributed by atoms with E-state index in [1.54, 1.807) is 0 Å². The van der Waals surface area contributed by atoms with Crippen molar-refractivity contribution in [3.8, 4) is 11.3 Å². The second-order valence-corrected chi connectivity index (χ2v) is 9.98. The van der Waals surface area contributed by atoms with E-state index in [0.29, 0.717) is 11.8 Å². The van der Waals surface area contributed by atoms with Gasteiger partial charge in [-0.3, -0.25) is 4.79 Å². The van der Waals surface area contributed by atoms with Gasteiger partial charge in [0.15, 0.2) is 0 Å². The number of aliphatic hydroxyl groups is 1. The van der Waals surface area contributed by atoms with Crippen molar-refractivity contribution in [2.45, 2.75) is 85.5 Å². The summed E-state index contributed by atoms with van der Waals surface area (Å²) in [6, 6.07) is 10.7. The van der Waals surface area contributed by atoms with Crippen LogP contribution in [0.1, 0.15) is 105 Å². The Kier molecular flexibility index (Phi) is 11.5. The van der Waals surface area contributed by atoms with Crippen LogP contribution >= 0.6 is 0 Å². The standard InChI is InChI=1S/C28H31N5O.2C2H6.CH4O/c1-18-27(31-19(2)30-18)26-15-23(6-7-25(26)21-4-3-5-21)28(34)32-11-8-20(9-12-32)22-10-13-33-17-29-16-24(33)14-22;3*1-2/h6-7,10,13-17,20-21H,3-5,8-9,11-12H2,1-2H3,(H,30,31);2*1-2H3;2H,1H3. The minimum Gasteiger partial charge on any atom is -0.400 e. The van der Waals surface area contributed by atoms with Crippen LogP contribution in [0.15, 0.2) is 49.1 Å². The first kappa shape index (κ1) is 31.1. The number of pyridine rings is 1. The number of aromatic amines is 1. The van der Waals surface area contributed by atoms with Crippen LogP contribution in [0.2, 0.25) is 0 Å². The van der Waals surface area contributed by atoms with E-state index < -0.39 is 0 Å². The van der Waals surface area contributed by atoms with Crippen molar-refractivity contribution in [1.82, 2.24) is 24.3 Å². The molecule has 0 radical (unpaired) electrons. The highest BCUT2D eigenvalue weighted by atomic mass is 16.2. The number of aromatic nitrogens is 4. The molecular weight excluding hydrogens is 498 g/mol. The average Bonchev–Trinajstić information content (AvgIpc) is 3.60. The molecule has 0 bridgehead atoms. The van der Waals surface area contributed by atoms with Gasteiger partial charge in [0.1, 0.15) is 5.82 Å². The zero-order valence-corrected chi connectivity index (χ0v) is 25.4. The predicted octanol–water partition coefficient (Wildman–Crippen LogP) is 7.29. The Bertz CT molecular complexity index is 1360. The molecule has 3 aromatic heterocycles. The number of piperidine rings is 1. The number of H-pyrrole nitrogens is 1. The monoisotopic (exact) mass is 545 g/mol. The number of carbonyl (C=O) groups excluding carboxylic acids is 1. The fraction of sp³-hybridized carbons (Fsp3) is 0.485. The third kappa shape index (κ3) is 6.64. The lowest BCUT2D eigenvalue weighted by Gasteiger charge is -2.33. The number of imidazole rings is 2. The smallest absolute Gasteiger partial charge is 0.253 e. The minimum absolute atomic E-state index is 0.135. The molecule has 1 saturated carbocycles. The van der Waals surface area contributed by atoms with Crippen LogP contribution in [-0.4, -0.2) is 55.5 Å². The zero-order chi connectivity index (χ0) is 29.2. The van der Waals surface area contributed by atoms with E-state index in [4.69, 9.17) is 10.1 Å². The van der Waals surface area contributed by atoms with Crippen molar-refractivity contribution >= 4 is 11.4 Å². The molecule has 0 unspecified atom stereocenters. The number of nitrogens with one attached hydrogen (secondary N) is 1. The number of likely N-dealkylation sites (tertiary alicyclic amines) is 1. The number of benzene rings is 1. The zero-order valence-electron chi connectivity index (χ0n) is 25.4. The Morgan fingerprint density at radius 2 is 1.65 bits per heavy atom. The maximum Gasteiger partial charge on any atom is 0.253 e. The molecule has 1 saturated heterocycles. The molecule has 7 nitrogen and oxygen atoms in total. The third-order valence-corrected chi connectivity index (χ3v) is 7.80. The van der Waals surface area contributed by atoms with E-state index in [-0.39, 0.29) is 5.91 Å². The molecule has 40 heavy (non-hydrogen) atoms. The Hall–Kier alpha value is -3.45. The summed E-state index contributed by atoms with van der Waals surface area (Å²) in [5.74, 6) is 2.12. The van der Waals surface area contributed by atoms with Gasteiger partial charge in [0.05, 0.1) is 23.7 Å². The van der Waals surface area contributed by atoms with E-state index in [1.165, 1.54) is 30.4 Å². The number of amides is 1. The van der Waals surface area contributed by atoms with Gasteiger partial charge in [-0.25, -0.2) is 9.97 Å². The SMILES string of the molecule is CC.CC.CO.Cc1nc(-c2cc(C(=O)N3CCC(c4ccn5cncc5c4)CC3)ccc2C2CCC2)c(C)[nH]1. The maximum absolute atomic E-state index is 13.5. The lowest BCUT2D eigenvalue weighted by Crippen LogP contribution is -2.38. The second-order valence-electron chi connectivity index (χ2n) is 9.98. The molecule has 6 rings (SSSR count). The largest absolute Gasteiger partial charge is 0.400 e. The van der Waals surface area contributed by atoms with Gasteiger partial charge in [0.25, 0.3) is 5.91 Å². The van der Waals surface area contributed by atoms with Gasteiger partial charge in [-0.15, -0.1) is 0 Å². The summed E-state index contributed by atoms with van der Waals surface area (Å²) in [5.41, 5.74) is 7.77. The Morgan fingerprint density at radius 3 is 2.25 bits per heavy atom. The maximum atomic E-state index is 13.5. The lowest BCUT2D eigenvalue weighted by molar-refractivity contribution is 0.0713. The highest BCUT2D eigenvalue weighted by Gasteiger charge is 2.28. The topological polar surface area (TPSA) is 86.5 Å². The first-order valence-electron chi connectivity index (χ1n) is 14.9. The summed E-state index contributed by atoms with van der Waals surface area (Å²) in [6.45, 7) is 13.6. The van der Waals surface area contributed by atoms with Crippen LogP contribution in [0, 0.1) is 13.8 Å². The Balaban J connectivity index is 0.000000691. The van der Waals surface area contributed by atoms with Crippen LogP contribution in [-0.2, 0) is 0 Å². The highest BCUT2D eigenvalue weighted by Crippen LogP contribution is 2.42. The van der Waals surface area contributed by atoms with Crippen LogP contribution in [0.3, 0.4) is 0 Å². The molecule has 1 amide bonds. The van der Waals surface area contributed by atoms with Gasteiger partial charge in [-0.05, 0) is 86.8 Å². The van der Waals surface area contributed by atoms with Crippen molar-refractivity contribution in [2.24, 2.45) is 0 Å². The molecule has 2 aliphatic rings. The van der Waals surface area contributed by atoms with Gasteiger partial charge in [0.2, 0.25) is 0 Å². The van der Waals surface area contributed by atoms with Crippen molar-refractivity contribution in [2.75, 3.05) is 20.2 Å². The molecule has 0 spiro atoms. The average molecular weight is 546 g/mol. The number of nitrogens with zero attached hydrogens (tertiary/aromatic N) is 4. The second kappa shape index (κ2) is 14.8. The molecule has 0 atom stereocenters. The van der Waals surface area contributed by atoms with Crippen molar-refractivity contribution < 1.29 is 9.90 Å². The summed E-state index contributed by atoms with van der Waals surface area (Å²) >= 11 is 0. The molecule has 4 aromatic rings. The Morgan fingerprint density at radius 1 is 0.950 bits per heavy atom. The van der Waals surface area contributed by atoms with Gasteiger partial charge in [-0.1, -0.05) is 40.2 Å². The summed E-state index contributed by atoms with van der Waals surface area (Å²) < 4.78 is 2.04. The number of aliphatic hydroxyl groups excluding tert-OH is 1. The Labute approximate surface area is 239 Å². The van der Waals surface area contributed by atoms with Gasteiger partial charge >= 0.3 is 0 Å². The van der Waals surface area contributed by atoms with Gasteiger partial charge in [-0.2, -0.15) is 0 Å². The van der Waals surface area contributed by atoms with Crippen molar-refractivity contribution in [1.29, 1.82) is 0 Å². The summed E-state index contributed by atoms with van der Waals surface area (Å²) in [4.78, 5) is 27.9. The van der Waals surface area contributed by atoms with Crippen molar-refractivity contribution in [3.63, 3.8) is 0 Å². The van der Waals surface area contributed by atoms with Gasteiger partial charge < -0.3 is 19.4 Å². The van der Waals surface area contributed by atoms with Crippen molar-refractivity contribution in [3.05, 3.63) is 77.3 Å². The van der Waals surface area contributed by atoms with E-state index >= 15 is 0 Å². The van der Waals surface area contributed by atoms with E-state index in [2.05, 4.69) is 47.4 Å². The molecule has 1 aromatic carbocycles. The van der Waals surface area contributed by atoms with Crippen LogP contribution in [0.5, 0.6) is 0 Å². The van der Waals surface area contributed by atoms with Crippen LogP contribution in [0.25, 0.3) is 16.8 Å². The number of rotatable bonds is 4. The molecule has 1 aliphatic heterocycles. The van der Waals surface area contributed by atoms with E-state index in [1.807, 2.05) is 62.5 Å². The molecule has 2 fully saturated rings. The highest BCUT2D eigenvalue weighted by molar-refractivity contribution is 5.96. The van der Waals surface area contributed by atoms with E-state index in [9.17, 15) is 4.79 Å². The summed E-state index contributed by atoms with van der Waals surface area (Å²) in [7, 11) is 1.00. The molecule has 216 valence electrons. The van der Waals surface area contributed by atoms with Crippen LogP contribution in [0.4, 0.5) is 0 Å². The quantitative estimate of drug-likeness (QED) is 0.282. The lowest BCUT2D eigenvalue weighted by atomic mass is 9.77. The number of hydrogen-bond acceptors (Lipinski definition) is 4.